The molecule has 1 aliphatic heterocycles. The molecule has 0 amide bonds. The van der Waals surface area contributed by atoms with Crippen LogP contribution < -0.4 is 4.90 Å². The second-order valence-corrected chi connectivity index (χ2v) is 8.72. The van der Waals surface area contributed by atoms with Gasteiger partial charge >= 0.3 is 0 Å². The van der Waals surface area contributed by atoms with Gasteiger partial charge in [0.25, 0.3) is 0 Å². The van der Waals surface area contributed by atoms with Gasteiger partial charge in [0.2, 0.25) is 0 Å². The zero-order valence-electron chi connectivity index (χ0n) is 18.7. The molecule has 0 spiro atoms. The summed E-state index contributed by atoms with van der Waals surface area (Å²) in [4.78, 5) is 9.26. The minimum Gasteiger partial charge on any atom is -0.303 e. The topological polar surface area (TPSA) is 18.8 Å². The number of aliphatic imine (C=N–C) groups is 1. The summed E-state index contributed by atoms with van der Waals surface area (Å²) in [6.07, 6.45) is 10.4. The van der Waals surface area contributed by atoms with E-state index >= 15 is 0 Å². The van der Waals surface area contributed by atoms with Crippen LogP contribution in [0.25, 0.3) is 0 Å². The Labute approximate surface area is 177 Å². The molecule has 3 nitrogen and oxygen atoms in total. The van der Waals surface area contributed by atoms with Gasteiger partial charge in [-0.05, 0) is 83.0 Å². The van der Waals surface area contributed by atoms with E-state index in [1.54, 1.807) is 0 Å². The van der Waals surface area contributed by atoms with Crippen molar-refractivity contribution in [1.29, 1.82) is 0 Å². The van der Waals surface area contributed by atoms with Crippen LogP contribution in [0.3, 0.4) is 0 Å². The van der Waals surface area contributed by atoms with Gasteiger partial charge in [-0.1, -0.05) is 48.6 Å². The number of anilines is 1. The lowest BCUT2D eigenvalue weighted by molar-refractivity contribution is 0.290. The van der Waals surface area contributed by atoms with E-state index in [0.717, 1.165) is 31.6 Å². The highest BCUT2D eigenvalue weighted by molar-refractivity contribution is 5.86. The van der Waals surface area contributed by atoms with E-state index in [0.29, 0.717) is 5.92 Å². The highest BCUT2D eigenvalue weighted by atomic mass is 15.3. The number of hydrogen-bond donors (Lipinski definition) is 0. The van der Waals surface area contributed by atoms with E-state index in [-0.39, 0.29) is 6.04 Å². The quantitative estimate of drug-likeness (QED) is 0.320. The SMILES string of the molecule is C=C(C)C1CC=C(C(C(=C)N(/C=N\C)c2c(C)cccc2C)N2CCCC2)CC1. The van der Waals surface area contributed by atoms with E-state index in [1.807, 2.05) is 13.4 Å². The molecule has 1 aromatic rings. The fourth-order valence-electron chi connectivity index (χ4n) is 4.92. The summed E-state index contributed by atoms with van der Waals surface area (Å²) >= 11 is 0. The Morgan fingerprint density at radius 3 is 2.38 bits per heavy atom. The van der Waals surface area contributed by atoms with Crippen LogP contribution in [-0.2, 0) is 0 Å². The molecule has 3 rings (SSSR count). The van der Waals surface area contributed by atoms with Gasteiger partial charge in [-0.15, -0.1) is 0 Å². The molecule has 156 valence electrons. The van der Waals surface area contributed by atoms with Crippen molar-refractivity contribution in [1.82, 2.24) is 4.90 Å². The van der Waals surface area contributed by atoms with Gasteiger partial charge in [0.15, 0.2) is 0 Å². The maximum Gasteiger partial charge on any atom is 0.0934 e. The summed E-state index contributed by atoms with van der Waals surface area (Å²) in [7, 11) is 1.84. The molecule has 29 heavy (non-hydrogen) atoms. The Hall–Kier alpha value is -2.13. The number of benzene rings is 1. The van der Waals surface area contributed by atoms with Gasteiger partial charge in [0, 0.05) is 12.7 Å². The Balaban J connectivity index is 1.98. The molecule has 0 aromatic heterocycles. The summed E-state index contributed by atoms with van der Waals surface area (Å²) in [5.74, 6) is 0.623. The summed E-state index contributed by atoms with van der Waals surface area (Å²) in [6.45, 7) is 17.6. The molecule has 1 aromatic carbocycles. The fourth-order valence-corrected chi connectivity index (χ4v) is 4.92. The van der Waals surface area contributed by atoms with Crippen molar-refractivity contribution >= 4 is 12.0 Å². The highest BCUT2D eigenvalue weighted by Gasteiger charge is 2.32. The Morgan fingerprint density at radius 2 is 1.86 bits per heavy atom. The van der Waals surface area contributed by atoms with Crippen molar-refractivity contribution in [2.75, 3.05) is 25.0 Å². The molecule has 1 saturated heterocycles. The van der Waals surface area contributed by atoms with Crippen molar-refractivity contribution in [2.24, 2.45) is 10.9 Å². The van der Waals surface area contributed by atoms with Crippen molar-refractivity contribution in [2.45, 2.75) is 58.9 Å². The first-order valence-corrected chi connectivity index (χ1v) is 11.0. The number of likely N-dealkylation sites (tertiary alicyclic amines) is 1. The Kier molecular flexibility index (Phi) is 7.13. The number of allylic oxidation sites excluding steroid dienone is 2. The molecule has 1 fully saturated rings. The van der Waals surface area contributed by atoms with E-state index in [1.165, 1.54) is 47.2 Å². The third-order valence-corrected chi connectivity index (χ3v) is 6.54. The van der Waals surface area contributed by atoms with E-state index < -0.39 is 0 Å². The highest BCUT2D eigenvalue weighted by Crippen LogP contribution is 2.37. The second kappa shape index (κ2) is 9.58. The molecule has 2 atom stereocenters. The summed E-state index contributed by atoms with van der Waals surface area (Å²) in [5, 5.41) is 0. The van der Waals surface area contributed by atoms with Crippen LogP contribution >= 0.6 is 0 Å². The lowest BCUT2D eigenvalue weighted by Crippen LogP contribution is -2.42. The van der Waals surface area contributed by atoms with Crippen LogP contribution in [0.15, 0.2) is 59.3 Å². The molecule has 1 heterocycles. The van der Waals surface area contributed by atoms with Crippen molar-refractivity contribution in [3.8, 4) is 0 Å². The second-order valence-electron chi connectivity index (χ2n) is 8.72. The smallest absolute Gasteiger partial charge is 0.0934 e. The predicted octanol–water partition coefficient (Wildman–Crippen LogP) is 6.05. The van der Waals surface area contributed by atoms with Crippen LogP contribution in [-0.4, -0.2) is 37.4 Å². The van der Waals surface area contributed by atoms with Crippen LogP contribution in [0.1, 0.15) is 50.2 Å². The number of rotatable bonds is 7. The fraction of sp³-hybridized carbons (Fsp3) is 0.500. The normalized spacial score (nSPS) is 21.2. The third kappa shape index (κ3) is 4.72. The average molecular weight is 392 g/mol. The summed E-state index contributed by atoms with van der Waals surface area (Å²) < 4.78 is 0. The molecule has 0 radical (unpaired) electrons. The summed E-state index contributed by atoms with van der Waals surface area (Å²) in [6, 6.07) is 6.72. The molecular weight excluding hydrogens is 354 g/mol. The van der Waals surface area contributed by atoms with Crippen molar-refractivity contribution in [3.63, 3.8) is 0 Å². The lowest BCUT2D eigenvalue weighted by Gasteiger charge is -2.38. The van der Waals surface area contributed by atoms with Crippen LogP contribution in [0, 0.1) is 19.8 Å². The minimum absolute atomic E-state index is 0.251. The van der Waals surface area contributed by atoms with Crippen molar-refractivity contribution in [3.05, 3.63) is 65.4 Å². The number of para-hydroxylation sites is 1. The molecule has 2 unspecified atom stereocenters. The zero-order valence-corrected chi connectivity index (χ0v) is 18.7. The number of hydrogen-bond acceptors (Lipinski definition) is 2. The largest absolute Gasteiger partial charge is 0.303 e. The molecule has 0 saturated carbocycles. The Bertz CT molecular complexity index is 791. The molecule has 2 aliphatic rings. The van der Waals surface area contributed by atoms with Gasteiger partial charge < -0.3 is 4.90 Å². The standard InChI is InChI=1S/C26H37N3/c1-19(2)23-12-14-24(15-13-23)26(28-16-7-8-17-28)22(5)29(18-27-6)25-20(3)10-9-11-21(25)4/h9-11,14,18,23,26H,1,5,7-8,12-13,15-17H2,2-4,6H3/b27-18-. The number of aryl methyl sites for hydroxylation is 2. The lowest BCUT2D eigenvalue weighted by atomic mass is 9.82. The Morgan fingerprint density at radius 1 is 1.21 bits per heavy atom. The third-order valence-electron chi connectivity index (χ3n) is 6.54. The maximum absolute atomic E-state index is 4.64. The zero-order chi connectivity index (χ0) is 21.0. The molecular formula is C26H37N3. The average Bonchev–Trinajstić information content (AvgIpc) is 3.22. The first kappa shape index (κ1) is 21.6. The van der Waals surface area contributed by atoms with Gasteiger partial charge in [-0.3, -0.25) is 9.89 Å². The van der Waals surface area contributed by atoms with Gasteiger partial charge in [-0.2, -0.15) is 0 Å². The van der Waals surface area contributed by atoms with Crippen molar-refractivity contribution < 1.29 is 0 Å². The monoisotopic (exact) mass is 391 g/mol. The molecule has 1 aliphatic carbocycles. The van der Waals surface area contributed by atoms with E-state index in [2.05, 4.69) is 73.0 Å². The maximum atomic E-state index is 4.64. The van der Waals surface area contributed by atoms with Gasteiger partial charge in [-0.25, -0.2) is 0 Å². The summed E-state index contributed by atoms with van der Waals surface area (Å²) in [5.41, 5.74) is 7.68. The van der Waals surface area contributed by atoms with E-state index in [4.69, 9.17) is 0 Å². The van der Waals surface area contributed by atoms with Gasteiger partial charge in [0.05, 0.1) is 18.1 Å². The molecule has 0 bridgehead atoms. The first-order chi connectivity index (χ1) is 13.9. The van der Waals surface area contributed by atoms with E-state index in [9.17, 15) is 0 Å². The first-order valence-electron chi connectivity index (χ1n) is 11.0. The minimum atomic E-state index is 0.251. The van der Waals surface area contributed by atoms with Gasteiger partial charge in [0.1, 0.15) is 0 Å². The van der Waals surface area contributed by atoms with Crippen LogP contribution in [0.4, 0.5) is 5.69 Å². The molecule has 3 heteroatoms. The molecule has 0 N–H and O–H groups in total. The predicted molar refractivity (Wildman–Crippen MR) is 127 cm³/mol. The number of nitrogens with zero attached hydrogens (tertiary/aromatic N) is 3. The van der Waals surface area contributed by atoms with Crippen LogP contribution in [0.5, 0.6) is 0 Å². The van der Waals surface area contributed by atoms with Crippen LogP contribution in [0.2, 0.25) is 0 Å².